The molecule has 6 heteroatoms. The van der Waals surface area contributed by atoms with Crippen molar-refractivity contribution in [1.82, 2.24) is 0 Å². The van der Waals surface area contributed by atoms with Gasteiger partial charge in [0.05, 0.1) is 0 Å². The first-order valence-electron chi connectivity index (χ1n) is 18.9. The summed E-state index contributed by atoms with van der Waals surface area (Å²) in [6, 6.07) is 0. The molecule has 0 N–H and O–H groups in total. The molecule has 0 amide bonds. The molecular formula is C38H72O6. The Morgan fingerprint density at radius 3 is 1.11 bits per heavy atom. The predicted molar refractivity (Wildman–Crippen MR) is 183 cm³/mol. The maximum absolute atomic E-state index is 12.4. The topological polar surface area (TPSA) is 78.9 Å². The van der Waals surface area contributed by atoms with E-state index in [1.165, 1.54) is 89.9 Å². The lowest BCUT2D eigenvalue weighted by atomic mass is 10.0. The molecule has 0 aromatic rings. The maximum Gasteiger partial charge on any atom is 0.306 e. The number of ether oxygens (including phenoxy) is 3. The van der Waals surface area contributed by atoms with Gasteiger partial charge in [-0.2, -0.15) is 0 Å². The van der Waals surface area contributed by atoms with Gasteiger partial charge >= 0.3 is 17.9 Å². The Balaban J connectivity index is 4.23. The highest BCUT2D eigenvalue weighted by Crippen LogP contribution is 2.14. The summed E-state index contributed by atoms with van der Waals surface area (Å²) in [5.41, 5.74) is 0. The van der Waals surface area contributed by atoms with Crippen molar-refractivity contribution in [3.63, 3.8) is 0 Å². The standard InChI is InChI=1S/C38H72O6/c1-5-7-9-11-12-13-14-15-16-17-22-25-29-36(39)42-32-35(44-38(41)31-27-20-10-8-6-2)33-43-37(40)30-26-23-19-18-21-24-28-34(3)4/h34-35H,5-33H2,1-4H3/t35-/m1/s1. The van der Waals surface area contributed by atoms with Gasteiger partial charge in [0, 0.05) is 19.3 Å². The van der Waals surface area contributed by atoms with E-state index in [-0.39, 0.29) is 31.1 Å². The maximum atomic E-state index is 12.4. The second-order valence-electron chi connectivity index (χ2n) is 13.3. The van der Waals surface area contributed by atoms with Crippen LogP contribution >= 0.6 is 0 Å². The molecule has 0 unspecified atom stereocenters. The van der Waals surface area contributed by atoms with Gasteiger partial charge in [-0.25, -0.2) is 0 Å². The molecule has 0 heterocycles. The Morgan fingerprint density at radius 1 is 0.432 bits per heavy atom. The Labute approximate surface area is 272 Å². The van der Waals surface area contributed by atoms with Crippen LogP contribution in [0.1, 0.15) is 201 Å². The van der Waals surface area contributed by atoms with Crippen molar-refractivity contribution in [1.29, 1.82) is 0 Å². The summed E-state index contributed by atoms with van der Waals surface area (Å²) in [6.45, 7) is 8.80. The molecule has 0 spiro atoms. The molecule has 0 saturated carbocycles. The fraction of sp³-hybridized carbons (Fsp3) is 0.921. The van der Waals surface area contributed by atoms with Crippen LogP contribution < -0.4 is 0 Å². The number of unbranched alkanes of at least 4 members (excludes halogenated alkanes) is 20. The highest BCUT2D eigenvalue weighted by molar-refractivity contribution is 5.71. The molecule has 6 nitrogen and oxygen atoms in total. The van der Waals surface area contributed by atoms with Gasteiger partial charge in [0.25, 0.3) is 0 Å². The first kappa shape index (κ1) is 42.4. The Hall–Kier alpha value is -1.59. The third-order valence-electron chi connectivity index (χ3n) is 8.29. The monoisotopic (exact) mass is 625 g/mol. The third-order valence-corrected chi connectivity index (χ3v) is 8.29. The average molecular weight is 625 g/mol. The molecule has 0 bridgehead atoms. The number of esters is 3. The van der Waals surface area contributed by atoms with Crippen LogP contribution in [-0.2, 0) is 28.6 Å². The van der Waals surface area contributed by atoms with Crippen LogP contribution in [0.3, 0.4) is 0 Å². The average Bonchev–Trinajstić information content (AvgIpc) is 3.00. The van der Waals surface area contributed by atoms with Crippen LogP contribution in [0.4, 0.5) is 0 Å². The van der Waals surface area contributed by atoms with Gasteiger partial charge in [0.2, 0.25) is 0 Å². The van der Waals surface area contributed by atoms with E-state index in [0.29, 0.717) is 19.3 Å². The minimum absolute atomic E-state index is 0.0671. The Bertz CT molecular complexity index is 662. The van der Waals surface area contributed by atoms with Gasteiger partial charge in [-0.1, -0.05) is 163 Å². The molecule has 260 valence electrons. The molecular weight excluding hydrogens is 552 g/mol. The van der Waals surface area contributed by atoms with E-state index in [1.807, 2.05) is 0 Å². The summed E-state index contributed by atoms with van der Waals surface area (Å²) in [4.78, 5) is 37.1. The quantitative estimate of drug-likeness (QED) is 0.0410. The summed E-state index contributed by atoms with van der Waals surface area (Å²) in [5, 5.41) is 0. The number of carbonyl (C=O) groups excluding carboxylic acids is 3. The highest BCUT2D eigenvalue weighted by Gasteiger charge is 2.19. The number of carbonyl (C=O) groups is 3. The normalized spacial score (nSPS) is 11.9. The smallest absolute Gasteiger partial charge is 0.306 e. The van der Waals surface area contributed by atoms with Gasteiger partial charge in [0.15, 0.2) is 6.10 Å². The minimum atomic E-state index is -0.756. The highest BCUT2D eigenvalue weighted by atomic mass is 16.6. The molecule has 0 aromatic heterocycles. The van der Waals surface area contributed by atoms with Crippen LogP contribution in [0.25, 0.3) is 0 Å². The first-order chi connectivity index (χ1) is 21.4. The Kier molecular flexibility index (Phi) is 31.6. The molecule has 1 atom stereocenters. The van der Waals surface area contributed by atoms with Crippen molar-refractivity contribution in [2.45, 2.75) is 207 Å². The summed E-state index contributed by atoms with van der Waals surface area (Å²) < 4.78 is 16.5. The molecule has 0 saturated heterocycles. The van der Waals surface area contributed by atoms with E-state index < -0.39 is 6.10 Å². The SMILES string of the molecule is CCCCCCCCCCCCCCC(=O)OC[C@H](COC(=O)CCCCCCCCC(C)C)OC(=O)CCCCCCC. The summed E-state index contributed by atoms with van der Waals surface area (Å²) in [7, 11) is 0. The third kappa shape index (κ3) is 31.8. The van der Waals surface area contributed by atoms with Gasteiger partial charge in [-0.15, -0.1) is 0 Å². The largest absolute Gasteiger partial charge is 0.462 e. The molecule has 0 rings (SSSR count). The van der Waals surface area contributed by atoms with Crippen LogP contribution in [0.2, 0.25) is 0 Å². The molecule has 0 aromatic carbocycles. The summed E-state index contributed by atoms with van der Waals surface area (Å²) >= 11 is 0. The van der Waals surface area contributed by atoms with Gasteiger partial charge in [-0.05, 0) is 25.2 Å². The van der Waals surface area contributed by atoms with Crippen molar-refractivity contribution in [3.8, 4) is 0 Å². The molecule has 0 aliphatic carbocycles. The minimum Gasteiger partial charge on any atom is -0.462 e. The van der Waals surface area contributed by atoms with E-state index in [0.717, 1.165) is 70.1 Å². The molecule has 0 aliphatic rings. The molecule has 44 heavy (non-hydrogen) atoms. The van der Waals surface area contributed by atoms with Gasteiger partial charge < -0.3 is 14.2 Å². The molecule has 0 fully saturated rings. The summed E-state index contributed by atoms with van der Waals surface area (Å²) in [5.74, 6) is -0.121. The van der Waals surface area contributed by atoms with Gasteiger partial charge in [0.1, 0.15) is 13.2 Å². The van der Waals surface area contributed by atoms with Crippen molar-refractivity contribution in [3.05, 3.63) is 0 Å². The zero-order valence-corrected chi connectivity index (χ0v) is 29.6. The second kappa shape index (κ2) is 32.8. The summed E-state index contributed by atoms with van der Waals surface area (Å²) in [6.07, 6.45) is 28.4. The van der Waals surface area contributed by atoms with E-state index in [1.54, 1.807) is 0 Å². The van der Waals surface area contributed by atoms with Crippen molar-refractivity contribution in [2.75, 3.05) is 13.2 Å². The van der Waals surface area contributed by atoms with Crippen LogP contribution in [0, 0.1) is 5.92 Å². The lowest BCUT2D eigenvalue weighted by Crippen LogP contribution is -2.30. The number of hydrogen-bond donors (Lipinski definition) is 0. The van der Waals surface area contributed by atoms with Crippen molar-refractivity contribution < 1.29 is 28.6 Å². The lowest BCUT2D eigenvalue weighted by Gasteiger charge is -2.18. The van der Waals surface area contributed by atoms with E-state index in [9.17, 15) is 14.4 Å². The van der Waals surface area contributed by atoms with Gasteiger partial charge in [-0.3, -0.25) is 14.4 Å². The molecule has 0 radical (unpaired) electrons. The number of hydrogen-bond acceptors (Lipinski definition) is 6. The van der Waals surface area contributed by atoms with Crippen LogP contribution in [0.15, 0.2) is 0 Å². The predicted octanol–water partition coefficient (Wildman–Crippen LogP) is 11.2. The van der Waals surface area contributed by atoms with Crippen LogP contribution in [-0.4, -0.2) is 37.2 Å². The zero-order valence-electron chi connectivity index (χ0n) is 29.6. The Morgan fingerprint density at radius 2 is 0.750 bits per heavy atom. The van der Waals surface area contributed by atoms with Crippen molar-refractivity contribution in [2.24, 2.45) is 5.92 Å². The number of rotatable bonds is 33. The van der Waals surface area contributed by atoms with Crippen LogP contribution in [0.5, 0.6) is 0 Å². The fourth-order valence-electron chi connectivity index (χ4n) is 5.39. The zero-order chi connectivity index (χ0) is 32.5. The van der Waals surface area contributed by atoms with E-state index >= 15 is 0 Å². The van der Waals surface area contributed by atoms with E-state index in [2.05, 4.69) is 27.7 Å². The lowest BCUT2D eigenvalue weighted by molar-refractivity contribution is -0.167. The van der Waals surface area contributed by atoms with E-state index in [4.69, 9.17) is 14.2 Å². The second-order valence-corrected chi connectivity index (χ2v) is 13.3. The fourth-order valence-corrected chi connectivity index (χ4v) is 5.39. The first-order valence-corrected chi connectivity index (χ1v) is 18.9. The molecule has 0 aliphatic heterocycles. The van der Waals surface area contributed by atoms with Crippen molar-refractivity contribution >= 4 is 17.9 Å².